The first-order chi connectivity index (χ1) is 7.22. The molecule has 0 aliphatic carbocycles. The van der Waals surface area contributed by atoms with Gasteiger partial charge < -0.3 is 0 Å². The van der Waals surface area contributed by atoms with Crippen molar-refractivity contribution in [2.24, 2.45) is 0 Å². The molecule has 0 bridgehead atoms. The molecule has 6 heteroatoms. The van der Waals surface area contributed by atoms with Gasteiger partial charge in [0.05, 0.1) is 6.20 Å². The summed E-state index contributed by atoms with van der Waals surface area (Å²) in [6, 6.07) is 0. The molecule has 1 aliphatic heterocycles. The summed E-state index contributed by atoms with van der Waals surface area (Å²) in [7, 11) is 0. The minimum absolute atomic E-state index is 0.0707. The Kier molecular flexibility index (Phi) is 2.93. The van der Waals surface area contributed by atoms with Gasteiger partial charge >= 0.3 is 0 Å². The number of hydrazine groups is 1. The quantitative estimate of drug-likeness (QED) is 0.817. The Morgan fingerprint density at radius 3 is 3.00 bits per heavy atom. The van der Waals surface area contributed by atoms with Crippen LogP contribution in [0.1, 0.15) is 13.3 Å². The zero-order chi connectivity index (χ0) is 10.8. The van der Waals surface area contributed by atoms with Crippen molar-refractivity contribution in [3.8, 4) is 0 Å². The topological polar surface area (TPSA) is 36.4 Å². The fraction of sp³-hybridized carbons (Fsp3) is 0.333. The second-order valence-corrected chi connectivity index (χ2v) is 4.59. The van der Waals surface area contributed by atoms with Crippen molar-refractivity contribution < 1.29 is 4.79 Å². The lowest BCUT2D eigenvalue weighted by Crippen LogP contribution is -2.40. The van der Waals surface area contributed by atoms with Crippen molar-refractivity contribution in [2.45, 2.75) is 13.3 Å². The SMILES string of the molecule is CCN(c1cnc(Cl)s1)N1C=CCC1=O. The highest BCUT2D eigenvalue weighted by atomic mass is 35.5. The van der Waals surface area contributed by atoms with Crippen molar-refractivity contribution in [1.82, 2.24) is 9.99 Å². The van der Waals surface area contributed by atoms with E-state index in [0.29, 0.717) is 17.4 Å². The molecule has 0 N–H and O–H groups in total. The molecule has 0 atom stereocenters. The Hall–Kier alpha value is -1.07. The van der Waals surface area contributed by atoms with Crippen LogP contribution in [0.2, 0.25) is 4.47 Å². The maximum absolute atomic E-state index is 11.5. The number of aromatic nitrogens is 1. The second kappa shape index (κ2) is 4.20. The largest absolute Gasteiger partial charge is 0.272 e. The third-order valence-corrected chi connectivity index (χ3v) is 3.20. The third kappa shape index (κ3) is 1.98. The van der Waals surface area contributed by atoms with Gasteiger partial charge in [0, 0.05) is 19.2 Å². The summed E-state index contributed by atoms with van der Waals surface area (Å²) >= 11 is 7.13. The maximum Gasteiger partial charge on any atom is 0.249 e. The van der Waals surface area contributed by atoms with Crippen molar-refractivity contribution in [3.05, 3.63) is 22.9 Å². The molecule has 2 rings (SSSR count). The standard InChI is InChI=1S/C9H10ClN3OS/c1-2-12(8-6-11-9(10)15-8)13-5-3-4-7(13)14/h3,5-6H,2,4H2,1H3. The number of carbonyl (C=O) groups is 1. The monoisotopic (exact) mass is 243 g/mol. The second-order valence-electron chi connectivity index (χ2n) is 2.99. The zero-order valence-corrected chi connectivity index (χ0v) is 9.75. The molecule has 0 saturated heterocycles. The first kappa shape index (κ1) is 10.4. The molecule has 1 aliphatic rings. The van der Waals surface area contributed by atoms with Gasteiger partial charge in [-0.25, -0.2) is 9.99 Å². The first-order valence-electron chi connectivity index (χ1n) is 4.60. The number of hydrogen-bond acceptors (Lipinski definition) is 4. The van der Waals surface area contributed by atoms with E-state index >= 15 is 0 Å². The van der Waals surface area contributed by atoms with Crippen LogP contribution in [0.15, 0.2) is 18.5 Å². The Morgan fingerprint density at radius 1 is 1.73 bits per heavy atom. The van der Waals surface area contributed by atoms with Gasteiger partial charge in [-0.1, -0.05) is 29.0 Å². The highest BCUT2D eigenvalue weighted by Gasteiger charge is 2.22. The van der Waals surface area contributed by atoms with E-state index in [1.54, 1.807) is 17.4 Å². The molecule has 15 heavy (non-hydrogen) atoms. The van der Waals surface area contributed by atoms with Crippen LogP contribution in [0.4, 0.5) is 5.00 Å². The van der Waals surface area contributed by atoms with Gasteiger partial charge in [-0.15, -0.1) is 0 Å². The molecule has 0 spiro atoms. The number of amides is 1. The number of thiazole rings is 1. The van der Waals surface area contributed by atoms with Crippen LogP contribution in [0, 0.1) is 0 Å². The van der Waals surface area contributed by atoms with Crippen molar-refractivity contribution in [1.29, 1.82) is 0 Å². The van der Waals surface area contributed by atoms with Crippen molar-refractivity contribution >= 4 is 33.8 Å². The van der Waals surface area contributed by atoms with E-state index in [-0.39, 0.29) is 5.91 Å². The van der Waals surface area contributed by atoms with E-state index in [4.69, 9.17) is 11.6 Å². The highest BCUT2D eigenvalue weighted by Crippen LogP contribution is 2.29. The van der Waals surface area contributed by atoms with Crippen LogP contribution in [0.5, 0.6) is 0 Å². The number of anilines is 1. The maximum atomic E-state index is 11.5. The van der Waals surface area contributed by atoms with Gasteiger partial charge in [0.2, 0.25) is 5.91 Å². The van der Waals surface area contributed by atoms with Crippen LogP contribution in [0.25, 0.3) is 0 Å². The molecular weight excluding hydrogens is 234 g/mol. The lowest BCUT2D eigenvalue weighted by atomic mass is 10.5. The van der Waals surface area contributed by atoms with E-state index in [1.807, 2.05) is 18.0 Å². The Balaban J connectivity index is 2.24. The number of rotatable bonds is 3. The lowest BCUT2D eigenvalue weighted by molar-refractivity contribution is -0.127. The molecular formula is C9H10ClN3OS. The summed E-state index contributed by atoms with van der Waals surface area (Å²) in [5.41, 5.74) is 0. The van der Waals surface area contributed by atoms with Gasteiger partial charge in [-0.05, 0) is 6.92 Å². The summed E-state index contributed by atoms with van der Waals surface area (Å²) < 4.78 is 0.485. The molecule has 2 heterocycles. The van der Waals surface area contributed by atoms with Crippen LogP contribution >= 0.6 is 22.9 Å². The fourth-order valence-corrected chi connectivity index (χ4v) is 2.42. The molecule has 1 aromatic heterocycles. The van der Waals surface area contributed by atoms with E-state index in [2.05, 4.69) is 4.98 Å². The normalized spacial score (nSPS) is 15.1. The van der Waals surface area contributed by atoms with Crippen molar-refractivity contribution in [3.63, 3.8) is 0 Å². The summed E-state index contributed by atoms with van der Waals surface area (Å²) in [5, 5.41) is 4.33. The molecule has 1 amide bonds. The predicted octanol–water partition coefficient (Wildman–Crippen LogP) is 2.28. The fourth-order valence-electron chi connectivity index (χ4n) is 1.42. The first-order valence-corrected chi connectivity index (χ1v) is 5.79. The van der Waals surface area contributed by atoms with Gasteiger partial charge in [-0.3, -0.25) is 9.80 Å². The number of nitrogens with zero attached hydrogens (tertiary/aromatic N) is 3. The molecule has 4 nitrogen and oxygen atoms in total. The minimum atomic E-state index is 0.0707. The van der Waals surface area contributed by atoms with E-state index in [9.17, 15) is 4.79 Å². The van der Waals surface area contributed by atoms with Crippen LogP contribution in [0.3, 0.4) is 0 Å². The summed E-state index contributed by atoms with van der Waals surface area (Å²) in [5.74, 6) is 0.0707. The average molecular weight is 244 g/mol. The number of hydrogen-bond donors (Lipinski definition) is 0. The predicted molar refractivity (Wildman–Crippen MR) is 60.7 cm³/mol. The van der Waals surface area contributed by atoms with E-state index < -0.39 is 0 Å². The lowest BCUT2D eigenvalue weighted by Gasteiger charge is -2.29. The summed E-state index contributed by atoms with van der Waals surface area (Å²) in [6.07, 6.45) is 5.76. The Morgan fingerprint density at radius 2 is 2.53 bits per heavy atom. The van der Waals surface area contributed by atoms with Gasteiger partial charge in [0.25, 0.3) is 0 Å². The Bertz CT molecular complexity index is 404. The zero-order valence-electron chi connectivity index (χ0n) is 8.18. The van der Waals surface area contributed by atoms with E-state index in [1.165, 1.54) is 11.3 Å². The number of carbonyl (C=O) groups excluding carboxylic acids is 1. The molecule has 0 fully saturated rings. The van der Waals surface area contributed by atoms with Crippen LogP contribution in [-0.2, 0) is 4.79 Å². The van der Waals surface area contributed by atoms with Gasteiger partial charge in [0.1, 0.15) is 5.00 Å². The molecule has 80 valence electrons. The molecule has 0 unspecified atom stereocenters. The van der Waals surface area contributed by atoms with Gasteiger partial charge in [-0.2, -0.15) is 0 Å². The van der Waals surface area contributed by atoms with Crippen molar-refractivity contribution in [2.75, 3.05) is 11.6 Å². The average Bonchev–Trinajstić information content (AvgIpc) is 2.79. The summed E-state index contributed by atoms with van der Waals surface area (Å²) in [4.78, 5) is 15.5. The minimum Gasteiger partial charge on any atom is -0.272 e. The molecule has 0 radical (unpaired) electrons. The Labute approximate surface area is 96.7 Å². The smallest absolute Gasteiger partial charge is 0.249 e. The van der Waals surface area contributed by atoms with Crippen LogP contribution in [-0.4, -0.2) is 22.4 Å². The third-order valence-electron chi connectivity index (χ3n) is 2.07. The number of halogens is 1. The molecule has 0 aromatic carbocycles. The molecule has 0 saturated carbocycles. The highest BCUT2D eigenvalue weighted by molar-refractivity contribution is 7.19. The van der Waals surface area contributed by atoms with E-state index in [0.717, 1.165) is 5.00 Å². The van der Waals surface area contributed by atoms with Gasteiger partial charge in [0.15, 0.2) is 4.47 Å². The molecule has 1 aromatic rings. The summed E-state index contributed by atoms with van der Waals surface area (Å²) in [6.45, 7) is 2.68. The van der Waals surface area contributed by atoms with Crippen LogP contribution < -0.4 is 5.01 Å².